The van der Waals surface area contributed by atoms with E-state index in [-0.39, 0.29) is 17.9 Å². The molecule has 5 heteroatoms. The first-order valence-corrected chi connectivity index (χ1v) is 6.74. The Morgan fingerprint density at radius 3 is 2.80 bits per heavy atom. The Morgan fingerprint density at radius 1 is 1.35 bits per heavy atom. The monoisotopic (exact) mass is 273 g/mol. The van der Waals surface area contributed by atoms with E-state index in [1.54, 1.807) is 17.0 Å². The number of nitrogens with zero attached hydrogens (tertiary/aromatic N) is 2. The van der Waals surface area contributed by atoms with Gasteiger partial charge in [-0.05, 0) is 12.0 Å². The summed E-state index contributed by atoms with van der Waals surface area (Å²) in [5.41, 5.74) is 0.652. The molecule has 1 atom stereocenters. The molecule has 0 bridgehead atoms. The van der Waals surface area contributed by atoms with E-state index in [9.17, 15) is 9.90 Å². The molecule has 5 nitrogen and oxygen atoms in total. The van der Waals surface area contributed by atoms with Gasteiger partial charge in [0.25, 0.3) is 5.56 Å². The third kappa shape index (κ3) is 3.45. The van der Waals surface area contributed by atoms with Crippen LogP contribution in [0.4, 0.5) is 5.82 Å². The average Bonchev–Trinajstić information content (AvgIpc) is 2.49. The quantitative estimate of drug-likeness (QED) is 0.842. The molecule has 20 heavy (non-hydrogen) atoms. The Morgan fingerprint density at radius 2 is 2.10 bits per heavy atom. The summed E-state index contributed by atoms with van der Waals surface area (Å²) in [6.07, 6.45) is 3.48. The van der Waals surface area contributed by atoms with Gasteiger partial charge in [-0.25, -0.2) is 4.98 Å². The smallest absolute Gasteiger partial charge is 0.293 e. The topological polar surface area (TPSA) is 67.2 Å². The third-order valence-electron chi connectivity index (χ3n) is 3.03. The molecule has 0 fully saturated rings. The number of aliphatic hydroxyl groups excluding tert-OH is 1. The van der Waals surface area contributed by atoms with Crippen LogP contribution < -0.4 is 10.9 Å². The first kappa shape index (κ1) is 14.3. The first-order chi connectivity index (χ1) is 9.72. The predicted octanol–water partition coefficient (Wildman–Crippen LogP) is 1.80. The molecule has 0 aliphatic carbocycles. The minimum absolute atomic E-state index is 0.158. The second kappa shape index (κ2) is 6.86. The lowest BCUT2D eigenvalue weighted by atomic mass is 10.1. The van der Waals surface area contributed by atoms with Gasteiger partial charge in [0, 0.05) is 25.5 Å². The number of aromatic nitrogens is 2. The summed E-state index contributed by atoms with van der Waals surface area (Å²) in [5, 5.41) is 13.0. The van der Waals surface area contributed by atoms with Crippen LogP contribution >= 0.6 is 0 Å². The molecule has 0 aliphatic heterocycles. The Balaban J connectivity index is 2.04. The number of hydrogen-bond donors (Lipinski definition) is 2. The van der Waals surface area contributed by atoms with Crippen LogP contribution in [-0.2, 0) is 6.54 Å². The summed E-state index contributed by atoms with van der Waals surface area (Å²) in [7, 11) is 0. The molecule has 0 spiro atoms. The molecule has 0 amide bonds. The van der Waals surface area contributed by atoms with Crippen LogP contribution in [0.25, 0.3) is 0 Å². The van der Waals surface area contributed by atoms with E-state index in [1.165, 1.54) is 0 Å². The fourth-order valence-electron chi connectivity index (χ4n) is 1.97. The van der Waals surface area contributed by atoms with Gasteiger partial charge in [0.15, 0.2) is 5.82 Å². The summed E-state index contributed by atoms with van der Waals surface area (Å²) in [6, 6.07) is 9.33. The molecule has 0 saturated heterocycles. The van der Waals surface area contributed by atoms with Crippen LogP contribution in [0.15, 0.2) is 47.5 Å². The molecule has 0 radical (unpaired) electrons. The van der Waals surface area contributed by atoms with Crippen LogP contribution in [0.2, 0.25) is 0 Å². The molecule has 2 N–H and O–H groups in total. The fraction of sp³-hybridized carbons (Fsp3) is 0.333. The minimum Gasteiger partial charge on any atom is -0.387 e. The zero-order valence-corrected chi connectivity index (χ0v) is 11.5. The molecule has 1 unspecified atom stereocenters. The molecule has 1 aromatic heterocycles. The van der Waals surface area contributed by atoms with Gasteiger partial charge in [-0.2, -0.15) is 0 Å². The fourth-order valence-corrected chi connectivity index (χ4v) is 1.97. The number of rotatable bonds is 6. The molecule has 1 heterocycles. The highest BCUT2D eigenvalue weighted by atomic mass is 16.3. The van der Waals surface area contributed by atoms with E-state index in [4.69, 9.17) is 0 Å². The van der Waals surface area contributed by atoms with Crippen molar-refractivity contribution >= 4 is 5.82 Å². The average molecular weight is 273 g/mol. The Hall–Kier alpha value is -2.14. The van der Waals surface area contributed by atoms with Crippen molar-refractivity contribution in [2.75, 3.05) is 11.9 Å². The highest BCUT2D eigenvalue weighted by Crippen LogP contribution is 2.11. The predicted molar refractivity (Wildman–Crippen MR) is 78.7 cm³/mol. The van der Waals surface area contributed by atoms with Gasteiger partial charge in [-0.1, -0.05) is 37.3 Å². The van der Waals surface area contributed by atoms with Crippen molar-refractivity contribution in [3.05, 3.63) is 58.6 Å². The molecule has 1 aromatic carbocycles. The molecule has 2 aromatic rings. The summed E-state index contributed by atoms with van der Waals surface area (Å²) in [4.78, 5) is 16.1. The summed E-state index contributed by atoms with van der Waals surface area (Å²) in [6.45, 7) is 2.93. The Labute approximate surface area is 117 Å². The minimum atomic E-state index is -0.669. The first-order valence-electron chi connectivity index (χ1n) is 6.74. The lowest BCUT2D eigenvalue weighted by molar-refractivity contribution is 0.191. The van der Waals surface area contributed by atoms with E-state index >= 15 is 0 Å². The van der Waals surface area contributed by atoms with Crippen molar-refractivity contribution in [2.24, 2.45) is 0 Å². The number of hydrogen-bond acceptors (Lipinski definition) is 4. The largest absolute Gasteiger partial charge is 0.387 e. The van der Waals surface area contributed by atoms with Crippen molar-refractivity contribution in [2.45, 2.75) is 26.0 Å². The van der Waals surface area contributed by atoms with Gasteiger partial charge in [0.1, 0.15) is 0 Å². The number of benzene rings is 1. The summed E-state index contributed by atoms with van der Waals surface area (Å²) >= 11 is 0. The maximum atomic E-state index is 12.1. The number of anilines is 1. The Bertz CT molecular complexity index is 596. The van der Waals surface area contributed by atoms with Gasteiger partial charge in [-0.15, -0.1) is 0 Å². The number of aliphatic hydroxyl groups is 1. The second-order valence-electron chi connectivity index (χ2n) is 4.58. The van der Waals surface area contributed by atoms with Gasteiger partial charge >= 0.3 is 0 Å². The van der Waals surface area contributed by atoms with Gasteiger partial charge < -0.3 is 15.0 Å². The lowest BCUT2D eigenvalue weighted by Gasteiger charge is -2.13. The van der Waals surface area contributed by atoms with E-state index < -0.39 is 6.10 Å². The molecular formula is C15H19N3O2. The van der Waals surface area contributed by atoms with Crippen LogP contribution in [0.1, 0.15) is 25.0 Å². The van der Waals surface area contributed by atoms with Crippen molar-refractivity contribution in [3.63, 3.8) is 0 Å². The normalized spacial score (nSPS) is 12.1. The van der Waals surface area contributed by atoms with E-state index in [0.29, 0.717) is 6.54 Å². The Kier molecular flexibility index (Phi) is 4.90. The standard InChI is InChI=1S/C15H19N3O2/c1-2-9-18-10-8-16-14(15(18)20)17-11-13(19)12-6-4-3-5-7-12/h3-8,10,13,19H,2,9,11H2,1H3,(H,16,17). The van der Waals surface area contributed by atoms with E-state index in [2.05, 4.69) is 10.3 Å². The van der Waals surface area contributed by atoms with Crippen molar-refractivity contribution < 1.29 is 5.11 Å². The van der Waals surface area contributed by atoms with E-state index in [1.807, 2.05) is 37.3 Å². The molecule has 106 valence electrons. The zero-order valence-electron chi connectivity index (χ0n) is 11.5. The van der Waals surface area contributed by atoms with Gasteiger partial charge in [-0.3, -0.25) is 4.79 Å². The van der Waals surface area contributed by atoms with Crippen LogP contribution in [0.5, 0.6) is 0 Å². The van der Waals surface area contributed by atoms with Crippen molar-refractivity contribution in [3.8, 4) is 0 Å². The molecule has 0 saturated carbocycles. The van der Waals surface area contributed by atoms with Gasteiger partial charge in [0.2, 0.25) is 0 Å². The summed E-state index contributed by atoms with van der Waals surface area (Å²) < 4.78 is 1.62. The van der Waals surface area contributed by atoms with Crippen molar-refractivity contribution in [1.82, 2.24) is 9.55 Å². The van der Waals surface area contributed by atoms with Crippen LogP contribution in [0.3, 0.4) is 0 Å². The molecule has 2 rings (SSSR count). The molecular weight excluding hydrogens is 254 g/mol. The second-order valence-corrected chi connectivity index (χ2v) is 4.58. The highest BCUT2D eigenvalue weighted by Gasteiger charge is 2.09. The zero-order chi connectivity index (χ0) is 14.4. The van der Waals surface area contributed by atoms with Crippen molar-refractivity contribution in [1.29, 1.82) is 0 Å². The maximum absolute atomic E-state index is 12.1. The molecule has 0 aliphatic rings. The lowest BCUT2D eigenvalue weighted by Crippen LogP contribution is -2.26. The van der Waals surface area contributed by atoms with E-state index in [0.717, 1.165) is 12.0 Å². The van der Waals surface area contributed by atoms with Gasteiger partial charge in [0.05, 0.1) is 6.10 Å². The number of nitrogens with one attached hydrogen (secondary N) is 1. The van der Waals surface area contributed by atoms with Crippen LogP contribution in [0, 0.1) is 0 Å². The highest BCUT2D eigenvalue weighted by molar-refractivity contribution is 5.32. The third-order valence-corrected chi connectivity index (χ3v) is 3.03. The SMILES string of the molecule is CCCn1ccnc(NCC(O)c2ccccc2)c1=O. The van der Waals surface area contributed by atoms with Crippen LogP contribution in [-0.4, -0.2) is 21.2 Å². The summed E-state index contributed by atoms with van der Waals surface area (Å²) in [5.74, 6) is 0.274. The maximum Gasteiger partial charge on any atom is 0.293 e. The number of aryl methyl sites for hydroxylation is 1.